The molecule has 7 heteroatoms. The molecule has 1 aromatic rings. The lowest BCUT2D eigenvalue weighted by Crippen LogP contribution is -2.17. The summed E-state index contributed by atoms with van der Waals surface area (Å²) in [4.78, 5) is 0.378. The highest BCUT2D eigenvalue weighted by atomic mass is 32.2. The molecule has 0 bridgehead atoms. The minimum Gasteiger partial charge on any atom is -0.375 e. The normalized spacial score (nSPS) is 29.4. The Hall–Kier alpha value is -0.960. The maximum Gasteiger partial charge on any atom is 0.154 e. The Kier molecular flexibility index (Phi) is 8.53. The molecular weight excluding hydrogens is 356 g/mol. The summed E-state index contributed by atoms with van der Waals surface area (Å²) in [5, 5.41) is 8.69. The molecule has 3 aliphatic heterocycles. The molecule has 2 N–H and O–H groups in total. The van der Waals surface area contributed by atoms with Crippen molar-refractivity contribution in [2.24, 2.45) is 0 Å². The standard InChI is InChI=1S/C8H10O2S.C6H10O2.C5H10O2/c1-7-3-5-8(6-4-7)11(2,9)10;1-3-7-6-2-4-8-5(1)6;6-5-3-1-2-4-7-5/h3-6H,2H2,1H3,(H,9,10);5-6H,1-4H2;5-6H,1-4H2/t;5-,6-;/m.1./s1. The van der Waals surface area contributed by atoms with Crippen LogP contribution in [0.2, 0.25) is 0 Å². The molecule has 0 radical (unpaired) electrons. The van der Waals surface area contributed by atoms with Gasteiger partial charge in [0.15, 0.2) is 6.29 Å². The first kappa shape index (κ1) is 21.3. The van der Waals surface area contributed by atoms with Crippen molar-refractivity contribution in [2.75, 3.05) is 19.8 Å². The third kappa shape index (κ3) is 7.34. The van der Waals surface area contributed by atoms with E-state index >= 15 is 0 Å². The summed E-state index contributed by atoms with van der Waals surface area (Å²) in [6.45, 7) is 4.48. The summed E-state index contributed by atoms with van der Waals surface area (Å²) >= 11 is 0. The summed E-state index contributed by atoms with van der Waals surface area (Å²) in [5.41, 5.74) is 1.07. The Morgan fingerprint density at radius 1 is 0.962 bits per heavy atom. The molecule has 4 rings (SSSR count). The minimum absolute atomic E-state index is 0.378. The zero-order chi connectivity index (χ0) is 19.0. The van der Waals surface area contributed by atoms with Crippen LogP contribution in [0, 0.1) is 6.92 Å². The number of benzene rings is 1. The average molecular weight is 387 g/mol. The lowest BCUT2D eigenvalue weighted by Gasteiger charge is -2.16. The third-order valence-electron chi connectivity index (χ3n) is 4.43. The first-order chi connectivity index (χ1) is 12.4. The van der Waals surface area contributed by atoms with Crippen molar-refractivity contribution in [1.82, 2.24) is 0 Å². The molecule has 0 spiro atoms. The minimum atomic E-state index is -3.02. The predicted octanol–water partition coefficient (Wildman–Crippen LogP) is 2.61. The third-order valence-corrected chi connectivity index (χ3v) is 5.44. The second-order valence-electron chi connectivity index (χ2n) is 6.67. The maximum absolute atomic E-state index is 10.9. The van der Waals surface area contributed by atoms with Crippen molar-refractivity contribution < 1.29 is 28.1 Å². The van der Waals surface area contributed by atoms with Crippen LogP contribution in [0.4, 0.5) is 0 Å². The van der Waals surface area contributed by atoms with Crippen molar-refractivity contribution in [2.45, 2.75) is 62.4 Å². The Labute approximate surface area is 156 Å². The number of hydrogen-bond donors (Lipinski definition) is 2. The van der Waals surface area contributed by atoms with Gasteiger partial charge in [0.2, 0.25) is 0 Å². The molecule has 3 saturated heterocycles. The average Bonchev–Trinajstić information content (AvgIpc) is 3.21. The van der Waals surface area contributed by atoms with E-state index in [9.17, 15) is 4.21 Å². The van der Waals surface area contributed by atoms with Crippen molar-refractivity contribution in [1.29, 1.82) is 0 Å². The first-order valence-electron chi connectivity index (χ1n) is 9.05. The van der Waals surface area contributed by atoms with Crippen molar-refractivity contribution >= 4 is 15.7 Å². The van der Waals surface area contributed by atoms with E-state index in [1.165, 1.54) is 0 Å². The number of aryl methyl sites for hydroxylation is 1. The van der Waals surface area contributed by atoms with E-state index in [-0.39, 0.29) is 0 Å². The van der Waals surface area contributed by atoms with E-state index in [4.69, 9.17) is 23.9 Å². The monoisotopic (exact) mass is 386 g/mol. The van der Waals surface area contributed by atoms with E-state index in [2.05, 4.69) is 5.87 Å². The quantitative estimate of drug-likeness (QED) is 0.722. The topological polar surface area (TPSA) is 85.2 Å². The molecule has 2 unspecified atom stereocenters. The molecule has 3 fully saturated rings. The van der Waals surface area contributed by atoms with Crippen LogP contribution in [-0.2, 0) is 24.0 Å². The van der Waals surface area contributed by atoms with Gasteiger partial charge >= 0.3 is 0 Å². The second kappa shape index (κ2) is 10.4. The Bertz CT molecular complexity index is 602. The molecule has 6 nitrogen and oxygen atoms in total. The van der Waals surface area contributed by atoms with E-state index in [0.717, 1.165) is 57.5 Å². The summed E-state index contributed by atoms with van der Waals surface area (Å²) in [7, 11) is -3.02. The van der Waals surface area contributed by atoms with Crippen LogP contribution in [-0.4, -0.2) is 58.1 Å². The lowest BCUT2D eigenvalue weighted by molar-refractivity contribution is -0.123. The predicted molar refractivity (Wildman–Crippen MR) is 102 cm³/mol. The highest BCUT2D eigenvalue weighted by Gasteiger charge is 2.33. The Morgan fingerprint density at radius 2 is 1.54 bits per heavy atom. The Morgan fingerprint density at radius 3 is 1.92 bits per heavy atom. The summed E-state index contributed by atoms with van der Waals surface area (Å²) in [5.74, 6) is 3.15. The van der Waals surface area contributed by atoms with Crippen molar-refractivity contribution in [3.63, 3.8) is 0 Å². The van der Waals surface area contributed by atoms with Gasteiger partial charge in [0.05, 0.1) is 17.1 Å². The van der Waals surface area contributed by atoms with Crippen LogP contribution >= 0.6 is 0 Å². The van der Waals surface area contributed by atoms with Gasteiger partial charge in [-0.1, -0.05) is 17.7 Å². The molecule has 0 amide bonds. The first-order valence-corrected chi connectivity index (χ1v) is 10.7. The SMILES string of the molecule is C1C[C@H]2OCC[C@H]2O1.C=S(=O)(O)c1ccc(C)cc1.OC1CCCCO1. The fourth-order valence-corrected chi connectivity index (χ4v) is 3.46. The van der Waals surface area contributed by atoms with Crippen LogP contribution in [0.3, 0.4) is 0 Å². The molecule has 0 aromatic heterocycles. The summed E-state index contributed by atoms with van der Waals surface area (Å²) in [6, 6.07) is 6.81. The van der Waals surface area contributed by atoms with Gasteiger partial charge in [0.25, 0.3) is 0 Å². The van der Waals surface area contributed by atoms with E-state index in [1.807, 2.05) is 6.92 Å². The van der Waals surface area contributed by atoms with Crippen molar-refractivity contribution in [3.8, 4) is 0 Å². The highest BCUT2D eigenvalue weighted by molar-refractivity contribution is 7.95. The summed E-state index contributed by atoms with van der Waals surface area (Å²) < 4.78 is 35.5. The molecule has 0 aliphatic carbocycles. The number of rotatable bonds is 1. The van der Waals surface area contributed by atoms with E-state index < -0.39 is 16.1 Å². The fraction of sp³-hybridized carbons (Fsp3) is 0.632. The van der Waals surface area contributed by atoms with Crippen LogP contribution in [0.25, 0.3) is 0 Å². The van der Waals surface area contributed by atoms with Gasteiger partial charge in [-0.05, 0) is 57.0 Å². The van der Waals surface area contributed by atoms with Gasteiger partial charge in [0, 0.05) is 19.8 Å². The van der Waals surface area contributed by atoms with E-state index in [0.29, 0.717) is 17.1 Å². The van der Waals surface area contributed by atoms with Gasteiger partial charge in [-0.3, -0.25) is 0 Å². The smallest absolute Gasteiger partial charge is 0.154 e. The fourth-order valence-electron chi connectivity index (χ4n) is 2.90. The number of fused-ring (bicyclic) bond motifs is 1. The maximum atomic E-state index is 10.9. The van der Waals surface area contributed by atoms with Gasteiger partial charge in [-0.2, -0.15) is 0 Å². The molecular formula is C19H30O6S. The van der Waals surface area contributed by atoms with Crippen LogP contribution < -0.4 is 0 Å². The molecule has 4 atom stereocenters. The molecule has 148 valence electrons. The van der Waals surface area contributed by atoms with Gasteiger partial charge in [-0.25, -0.2) is 4.21 Å². The largest absolute Gasteiger partial charge is 0.375 e. The lowest BCUT2D eigenvalue weighted by atomic mass is 10.2. The number of hydrogen-bond acceptors (Lipinski definition) is 5. The number of ether oxygens (including phenoxy) is 3. The summed E-state index contributed by atoms with van der Waals surface area (Å²) in [6.07, 6.45) is 5.71. The van der Waals surface area contributed by atoms with Gasteiger partial charge in [-0.15, -0.1) is 0 Å². The van der Waals surface area contributed by atoms with E-state index in [1.54, 1.807) is 24.3 Å². The van der Waals surface area contributed by atoms with Gasteiger partial charge < -0.3 is 23.9 Å². The van der Waals surface area contributed by atoms with Crippen LogP contribution in [0.5, 0.6) is 0 Å². The molecule has 3 aliphatic rings. The highest BCUT2D eigenvalue weighted by Crippen LogP contribution is 2.25. The van der Waals surface area contributed by atoms with Gasteiger partial charge in [0.1, 0.15) is 9.80 Å². The van der Waals surface area contributed by atoms with Crippen LogP contribution in [0.15, 0.2) is 29.2 Å². The second-order valence-corrected chi connectivity index (χ2v) is 8.42. The molecule has 0 saturated carbocycles. The Balaban J connectivity index is 0.000000144. The molecule has 1 aromatic carbocycles. The number of aliphatic hydroxyl groups excluding tert-OH is 1. The molecule has 26 heavy (non-hydrogen) atoms. The number of aliphatic hydroxyl groups is 1. The molecule has 3 heterocycles. The zero-order valence-electron chi connectivity index (χ0n) is 15.3. The van der Waals surface area contributed by atoms with Crippen molar-refractivity contribution in [3.05, 3.63) is 29.8 Å². The zero-order valence-corrected chi connectivity index (χ0v) is 16.2. The van der Waals surface area contributed by atoms with Crippen LogP contribution in [0.1, 0.15) is 37.7 Å².